The van der Waals surface area contributed by atoms with E-state index >= 15 is 0 Å². The molecular weight excluding hydrogens is 210 g/mol. The van der Waals surface area contributed by atoms with Crippen LogP contribution in [0.3, 0.4) is 0 Å². The van der Waals surface area contributed by atoms with Gasteiger partial charge in [0.1, 0.15) is 0 Å². The van der Waals surface area contributed by atoms with Gasteiger partial charge in [0.25, 0.3) is 0 Å². The second-order valence-corrected chi connectivity index (χ2v) is 6.69. The number of hydrogen-bond donors (Lipinski definition) is 0. The third kappa shape index (κ3) is 1.24. The molecule has 4 atom stereocenters. The highest BCUT2D eigenvalue weighted by atomic mass is 16.2. The summed E-state index contributed by atoms with van der Waals surface area (Å²) in [5.41, 5.74) is 1.80. The second-order valence-electron chi connectivity index (χ2n) is 6.69. The first kappa shape index (κ1) is 11.3. The van der Waals surface area contributed by atoms with Crippen LogP contribution < -0.4 is 0 Å². The van der Waals surface area contributed by atoms with Gasteiger partial charge in [0.15, 0.2) is 0 Å². The Morgan fingerprint density at radius 2 is 2.12 bits per heavy atom. The van der Waals surface area contributed by atoms with Crippen LogP contribution in [-0.4, -0.2) is 23.9 Å². The minimum atomic E-state index is 0.226. The molecule has 2 fully saturated rings. The zero-order valence-corrected chi connectivity index (χ0v) is 11.4. The minimum absolute atomic E-state index is 0.226. The molecule has 3 rings (SSSR count). The molecule has 0 radical (unpaired) electrons. The average molecular weight is 233 g/mol. The van der Waals surface area contributed by atoms with Crippen LogP contribution >= 0.6 is 0 Å². The number of likely N-dealkylation sites (tertiary alicyclic amines) is 1. The third-order valence-corrected chi connectivity index (χ3v) is 5.73. The van der Waals surface area contributed by atoms with Gasteiger partial charge in [-0.25, -0.2) is 0 Å². The number of likely N-dealkylation sites (N-methyl/N-ethyl adjacent to an activating group) is 1. The highest BCUT2D eigenvalue weighted by Gasteiger charge is 2.62. The fourth-order valence-corrected chi connectivity index (χ4v) is 4.51. The molecule has 0 aromatic heterocycles. The van der Waals surface area contributed by atoms with Gasteiger partial charge < -0.3 is 4.90 Å². The number of allylic oxidation sites excluding steroid dienone is 1. The first-order valence-corrected chi connectivity index (χ1v) is 6.93. The lowest BCUT2D eigenvalue weighted by Gasteiger charge is -2.42. The molecule has 0 unspecified atom stereocenters. The van der Waals surface area contributed by atoms with Crippen LogP contribution in [0.25, 0.3) is 0 Å². The molecule has 0 aromatic rings. The van der Waals surface area contributed by atoms with E-state index in [1.54, 1.807) is 5.57 Å². The summed E-state index contributed by atoms with van der Waals surface area (Å²) in [5, 5.41) is 0. The Morgan fingerprint density at radius 1 is 1.41 bits per heavy atom. The quantitative estimate of drug-likeness (QED) is 0.638. The Kier molecular flexibility index (Phi) is 2.24. The summed E-state index contributed by atoms with van der Waals surface area (Å²) in [6.45, 7) is 6.91. The fourth-order valence-electron chi connectivity index (χ4n) is 4.51. The second kappa shape index (κ2) is 3.37. The van der Waals surface area contributed by atoms with E-state index in [9.17, 15) is 4.79 Å². The molecule has 1 aliphatic heterocycles. The lowest BCUT2D eigenvalue weighted by Crippen LogP contribution is -2.42. The molecule has 1 saturated carbocycles. The molecule has 1 heterocycles. The summed E-state index contributed by atoms with van der Waals surface area (Å²) in [6.07, 6.45) is 5.99. The smallest absolute Gasteiger partial charge is 0.226 e. The summed E-state index contributed by atoms with van der Waals surface area (Å²) in [7, 11) is 1.99. The van der Waals surface area contributed by atoms with E-state index in [1.807, 2.05) is 11.9 Å². The van der Waals surface area contributed by atoms with Gasteiger partial charge in [-0.1, -0.05) is 32.4 Å². The molecule has 3 aliphatic rings. The van der Waals surface area contributed by atoms with Crippen LogP contribution in [-0.2, 0) is 4.79 Å². The molecule has 0 bridgehead atoms. The van der Waals surface area contributed by atoms with Gasteiger partial charge in [-0.2, -0.15) is 0 Å². The van der Waals surface area contributed by atoms with Crippen LogP contribution in [0.15, 0.2) is 11.6 Å². The van der Waals surface area contributed by atoms with Crippen molar-refractivity contribution in [3.05, 3.63) is 11.6 Å². The zero-order valence-electron chi connectivity index (χ0n) is 11.4. The largest absolute Gasteiger partial charge is 0.338 e. The van der Waals surface area contributed by atoms with Crippen molar-refractivity contribution < 1.29 is 4.79 Å². The molecule has 94 valence electrons. The van der Waals surface area contributed by atoms with Crippen molar-refractivity contribution in [3.63, 3.8) is 0 Å². The molecule has 17 heavy (non-hydrogen) atoms. The van der Waals surface area contributed by atoms with Crippen molar-refractivity contribution in [2.75, 3.05) is 7.05 Å². The van der Waals surface area contributed by atoms with Crippen LogP contribution in [0.5, 0.6) is 0 Å². The van der Waals surface area contributed by atoms with Crippen LogP contribution in [0.2, 0.25) is 0 Å². The third-order valence-electron chi connectivity index (χ3n) is 5.73. The van der Waals surface area contributed by atoms with Crippen LogP contribution in [0.1, 0.15) is 40.0 Å². The van der Waals surface area contributed by atoms with Crippen LogP contribution in [0.4, 0.5) is 0 Å². The fraction of sp³-hybridized carbons (Fsp3) is 0.800. The van der Waals surface area contributed by atoms with Gasteiger partial charge in [0, 0.05) is 18.4 Å². The summed E-state index contributed by atoms with van der Waals surface area (Å²) in [5.74, 6) is 2.05. The van der Waals surface area contributed by atoms with Crippen LogP contribution in [0, 0.1) is 23.2 Å². The number of amides is 1. The highest BCUT2D eigenvalue weighted by Crippen LogP contribution is 2.60. The van der Waals surface area contributed by atoms with Gasteiger partial charge in [-0.05, 0) is 31.1 Å². The molecule has 2 heteroatoms. The van der Waals surface area contributed by atoms with Crippen molar-refractivity contribution >= 4 is 5.91 Å². The molecule has 1 amide bonds. The van der Waals surface area contributed by atoms with Crippen molar-refractivity contribution in [1.29, 1.82) is 0 Å². The van der Waals surface area contributed by atoms with Crippen molar-refractivity contribution in [2.45, 2.75) is 46.1 Å². The topological polar surface area (TPSA) is 20.3 Å². The van der Waals surface area contributed by atoms with E-state index in [0.717, 1.165) is 12.3 Å². The van der Waals surface area contributed by atoms with E-state index in [4.69, 9.17) is 0 Å². The van der Waals surface area contributed by atoms with Crippen molar-refractivity contribution in [1.82, 2.24) is 4.90 Å². The maximum Gasteiger partial charge on any atom is 0.226 e. The first-order chi connectivity index (χ1) is 7.96. The maximum absolute atomic E-state index is 12.3. The SMILES string of the molecule is CC(C)C1=C[C@H]2N(C)C(=O)[C@H]3CC[C@@H](C1)[C@]32C. The van der Waals surface area contributed by atoms with Gasteiger partial charge in [-0.15, -0.1) is 0 Å². The van der Waals surface area contributed by atoms with Gasteiger partial charge in [0.2, 0.25) is 5.91 Å². The Balaban J connectivity index is 2.07. The van der Waals surface area contributed by atoms with E-state index in [1.165, 1.54) is 12.8 Å². The number of nitrogens with zero attached hydrogens (tertiary/aromatic N) is 1. The Labute approximate surface area is 104 Å². The number of carbonyl (C=O) groups is 1. The Hall–Kier alpha value is -0.790. The Bertz CT molecular complexity index is 398. The molecule has 0 aromatic carbocycles. The maximum atomic E-state index is 12.3. The van der Waals surface area contributed by atoms with E-state index in [0.29, 0.717) is 23.8 Å². The average Bonchev–Trinajstić information content (AvgIpc) is 2.70. The summed E-state index contributed by atoms with van der Waals surface area (Å²) in [4.78, 5) is 14.3. The zero-order chi connectivity index (χ0) is 12.4. The summed E-state index contributed by atoms with van der Waals surface area (Å²) < 4.78 is 0. The first-order valence-electron chi connectivity index (χ1n) is 6.93. The minimum Gasteiger partial charge on any atom is -0.338 e. The van der Waals surface area contributed by atoms with E-state index in [-0.39, 0.29) is 5.41 Å². The predicted octanol–water partition coefficient (Wildman–Crippen LogP) is 2.85. The predicted molar refractivity (Wildman–Crippen MR) is 68.4 cm³/mol. The van der Waals surface area contributed by atoms with Gasteiger partial charge >= 0.3 is 0 Å². The van der Waals surface area contributed by atoms with E-state index in [2.05, 4.69) is 26.8 Å². The molecule has 0 spiro atoms. The number of carbonyl (C=O) groups excluding carboxylic acids is 1. The lowest BCUT2D eigenvalue weighted by molar-refractivity contribution is -0.130. The normalized spacial score (nSPS) is 44.3. The molecule has 2 aliphatic carbocycles. The van der Waals surface area contributed by atoms with Crippen molar-refractivity contribution in [3.8, 4) is 0 Å². The Morgan fingerprint density at radius 3 is 2.76 bits per heavy atom. The molecular formula is C15H23NO. The number of rotatable bonds is 1. The molecule has 0 N–H and O–H groups in total. The van der Waals surface area contributed by atoms with Crippen molar-refractivity contribution in [2.24, 2.45) is 23.2 Å². The summed E-state index contributed by atoms with van der Waals surface area (Å²) >= 11 is 0. The standard InChI is InChI=1S/C15H23NO/c1-9(2)10-7-11-5-6-12-14(17)16(4)13(8-10)15(11,12)3/h8-9,11-13H,5-7H2,1-4H3/t11-,12+,13+,15+/m0/s1. The monoisotopic (exact) mass is 233 g/mol. The van der Waals surface area contributed by atoms with E-state index < -0.39 is 0 Å². The van der Waals surface area contributed by atoms with Gasteiger partial charge in [-0.3, -0.25) is 4.79 Å². The lowest BCUT2D eigenvalue weighted by atomic mass is 9.64. The number of hydrogen-bond acceptors (Lipinski definition) is 1. The molecule has 1 saturated heterocycles. The highest BCUT2D eigenvalue weighted by molar-refractivity contribution is 5.84. The molecule has 2 nitrogen and oxygen atoms in total. The summed E-state index contributed by atoms with van der Waals surface area (Å²) in [6, 6.07) is 0.360. The van der Waals surface area contributed by atoms with Gasteiger partial charge in [0.05, 0.1) is 6.04 Å².